The Balaban J connectivity index is 1.53. The molecule has 0 saturated carbocycles. The molecule has 2 aromatic rings. The van der Waals surface area contributed by atoms with Gasteiger partial charge in [0.05, 0.1) is 5.69 Å². The molecule has 1 fully saturated rings. The van der Waals surface area contributed by atoms with Crippen LogP contribution in [0.1, 0.15) is 36.2 Å². The molecule has 2 heterocycles. The largest absolute Gasteiger partial charge is 0.326 e. The van der Waals surface area contributed by atoms with Gasteiger partial charge in [0.25, 0.3) is 0 Å². The van der Waals surface area contributed by atoms with Crippen LogP contribution in [0.4, 0.5) is 5.69 Å². The van der Waals surface area contributed by atoms with Crippen LogP contribution in [0.3, 0.4) is 0 Å². The number of rotatable bonds is 6. The Morgan fingerprint density at radius 3 is 2.71 bits per heavy atom. The molecule has 5 nitrogen and oxygen atoms in total. The van der Waals surface area contributed by atoms with E-state index in [4.69, 9.17) is 0 Å². The minimum absolute atomic E-state index is 0.0286. The molecule has 1 aliphatic heterocycles. The number of carbonyl (C=O) groups excluding carboxylic acids is 1. The topological polar surface area (TPSA) is 50.2 Å². The van der Waals surface area contributed by atoms with Crippen molar-refractivity contribution in [3.63, 3.8) is 0 Å². The van der Waals surface area contributed by atoms with E-state index in [2.05, 4.69) is 27.4 Å². The Labute approximate surface area is 143 Å². The summed E-state index contributed by atoms with van der Waals surface area (Å²) in [7, 11) is 0. The fraction of sp³-hybridized carbons (Fsp3) is 0.474. The van der Waals surface area contributed by atoms with Gasteiger partial charge in [-0.1, -0.05) is 12.1 Å². The molecule has 1 aliphatic rings. The van der Waals surface area contributed by atoms with Crippen LogP contribution in [0.15, 0.2) is 30.3 Å². The number of hydrogen-bond acceptors (Lipinski definition) is 3. The van der Waals surface area contributed by atoms with Gasteiger partial charge in [-0.05, 0) is 63.5 Å². The lowest BCUT2D eigenvalue weighted by Crippen LogP contribution is -2.19. The van der Waals surface area contributed by atoms with Gasteiger partial charge in [0.15, 0.2) is 0 Å². The molecule has 5 heteroatoms. The van der Waals surface area contributed by atoms with E-state index < -0.39 is 0 Å². The number of aryl methyl sites for hydroxylation is 3. The maximum absolute atomic E-state index is 12.2. The van der Waals surface area contributed by atoms with Crippen LogP contribution in [-0.4, -0.2) is 33.7 Å². The molecule has 1 amide bonds. The second-order valence-corrected chi connectivity index (χ2v) is 6.63. The highest BCUT2D eigenvalue weighted by atomic mass is 16.1. The lowest BCUT2D eigenvalue weighted by Gasteiger charge is -2.15. The van der Waals surface area contributed by atoms with Crippen molar-refractivity contribution >= 4 is 11.6 Å². The minimum Gasteiger partial charge on any atom is -0.326 e. The predicted octanol–water partition coefficient (Wildman–Crippen LogP) is 3.12. The number of aromatic nitrogens is 2. The molecule has 24 heavy (non-hydrogen) atoms. The third kappa shape index (κ3) is 4.45. The van der Waals surface area contributed by atoms with Crippen LogP contribution in [0.2, 0.25) is 0 Å². The minimum atomic E-state index is 0.0286. The molecule has 0 radical (unpaired) electrons. The van der Waals surface area contributed by atoms with Crippen molar-refractivity contribution in [2.45, 2.75) is 46.2 Å². The first-order chi connectivity index (χ1) is 11.6. The second kappa shape index (κ2) is 7.62. The fourth-order valence-electron chi connectivity index (χ4n) is 3.28. The first-order valence-electron chi connectivity index (χ1n) is 8.72. The van der Waals surface area contributed by atoms with Gasteiger partial charge in [0.2, 0.25) is 5.91 Å². The van der Waals surface area contributed by atoms with E-state index in [0.717, 1.165) is 23.6 Å². The van der Waals surface area contributed by atoms with Crippen LogP contribution >= 0.6 is 0 Å². The molecule has 0 bridgehead atoms. The molecule has 3 rings (SSSR count). The average molecular weight is 326 g/mol. The molecule has 0 atom stereocenters. The van der Waals surface area contributed by atoms with Crippen molar-refractivity contribution in [2.24, 2.45) is 0 Å². The summed E-state index contributed by atoms with van der Waals surface area (Å²) in [6.45, 7) is 7.92. The summed E-state index contributed by atoms with van der Waals surface area (Å²) in [5.74, 6) is 0.0286. The quantitative estimate of drug-likeness (QED) is 0.887. The van der Waals surface area contributed by atoms with Crippen LogP contribution in [0, 0.1) is 13.8 Å². The summed E-state index contributed by atoms with van der Waals surface area (Å²) in [5.41, 5.74) is 4.22. The van der Waals surface area contributed by atoms with Gasteiger partial charge in [0, 0.05) is 30.9 Å². The van der Waals surface area contributed by atoms with Gasteiger partial charge in [-0.3, -0.25) is 14.4 Å². The Hall–Kier alpha value is -2.14. The molecular weight excluding hydrogens is 300 g/mol. The normalized spacial score (nSPS) is 14.9. The van der Waals surface area contributed by atoms with Crippen molar-refractivity contribution in [2.75, 3.05) is 18.4 Å². The van der Waals surface area contributed by atoms with E-state index in [0.29, 0.717) is 13.0 Å². The molecule has 0 unspecified atom stereocenters. The van der Waals surface area contributed by atoms with Gasteiger partial charge in [-0.2, -0.15) is 5.10 Å². The van der Waals surface area contributed by atoms with Gasteiger partial charge < -0.3 is 5.32 Å². The predicted molar refractivity (Wildman–Crippen MR) is 95.9 cm³/mol. The number of hydrogen-bond donors (Lipinski definition) is 1. The third-order valence-corrected chi connectivity index (χ3v) is 4.47. The second-order valence-electron chi connectivity index (χ2n) is 6.63. The van der Waals surface area contributed by atoms with Crippen molar-refractivity contribution in [1.29, 1.82) is 0 Å². The van der Waals surface area contributed by atoms with Crippen molar-refractivity contribution in [3.8, 4) is 0 Å². The summed E-state index contributed by atoms with van der Waals surface area (Å²) >= 11 is 0. The molecule has 128 valence electrons. The summed E-state index contributed by atoms with van der Waals surface area (Å²) in [6.07, 6.45) is 3.02. The number of anilines is 1. The Morgan fingerprint density at radius 1 is 1.21 bits per heavy atom. The smallest absolute Gasteiger partial charge is 0.226 e. The van der Waals surface area contributed by atoms with Crippen LogP contribution in [-0.2, 0) is 17.9 Å². The number of benzene rings is 1. The highest BCUT2D eigenvalue weighted by molar-refractivity contribution is 5.90. The lowest BCUT2D eigenvalue weighted by atomic mass is 10.2. The zero-order valence-corrected chi connectivity index (χ0v) is 14.6. The van der Waals surface area contributed by atoms with Crippen LogP contribution in [0.25, 0.3) is 0 Å². The number of nitrogens with one attached hydrogen (secondary N) is 1. The zero-order chi connectivity index (χ0) is 16.9. The van der Waals surface area contributed by atoms with Gasteiger partial charge in [0.1, 0.15) is 0 Å². The number of amides is 1. The van der Waals surface area contributed by atoms with Crippen molar-refractivity contribution in [3.05, 3.63) is 47.3 Å². The van der Waals surface area contributed by atoms with Crippen LogP contribution < -0.4 is 5.32 Å². The molecule has 1 saturated heterocycles. The third-order valence-electron chi connectivity index (χ3n) is 4.47. The van der Waals surface area contributed by atoms with Gasteiger partial charge >= 0.3 is 0 Å². The standard InChI is InChI=1S/C19H26N4O/c1-15-12-16(2)23(21-15)11-8-19(24)20-18-7-5-6-17(13-18)14-22-9-3-4-10-22/h5-7,12-13H,3-4,8-11,14H2,1-2H3,(H,20,24). The summed E-state index contributed by atoms with van der Waals surface area (Å²) in [5, 5.41) is 7.40. The van der Waals surface area contributed by atoms with Crippen LogP contribution in [0.5, 0.6) is 0 Å². The SMILES string of the molecule is Cc1cc(C)n(CCC(=O)Nc2cccc(CN3CCCC3)c2)n1. The number of likely N-dealkylation sites (tertiary alicyclic amines) is 1. The lowest BCUT2D eigenvalue weighted by molar-refractivity contribution is -0.116. The zero-order valence-electron chi connectivity index (χ0n) is 14.6. The van der Waals surface area contributed by atoms with E-state index in [-0.39, 0.29) is 5.91 Å². The fourth-order valence-corrected chi connectivity index (χ4v) is 3.28. The molecule has 1 N–H and O–H groups in total. The Kier molecular flexibility index (Phi) is 5.30. The molecule has 0 spiro atoms. The Morgan fingerprint density at radius 2 is 2.00 bits per heavy atom. The Bertz CT molecular complexity index is 701. The van der Waals surface area contributed by atoms with E-state index in [1.54, 1.807) is 0 Å². The molecule has 1 aromatic carbocycles. The number of nitrogens with zero attached hydrogens (tertiary/aromatic N) is 3. The first kappa shape index (κ1) is 16.7. The molecule has 0 aliphatic carbocycles. The van der Waals surface area contributed by atoms with Gasteiger partial charge in [-0.15, -0.1) is 0 Å². The van der Waals surface area contributed by atoms with Crippen molar-refractivity contribution < 1.29 is 4.79 Å². The summed E-state index contributed by atoms with van der Waals surface area (Å²) < 4.78 is 1.89. The monoisotopic (exact) mass is 326 g/mol. The van der Waals surface area contributed by atoms with Gasteiger partial charge in [-0.25, -0.2) is 0 Å². The van der Waals surface area contributed by atoms with Crippen molar-refractivity contribution in [1.82, 2.24) is 14.7 Å². The summed E-state index contributed by atoms with van der Waals surface area (Å²) in [4.78, 5) is 14.7. The molecule has 1 aromatic heterocycles. The van der Waals surface area contributed by atoms with E-state index in [1.807, 2.05) is 36.7 Å². The maximum atomic E-state index is 12.2. The van der Waals surface area contributed by atoms with E-state index in [1.165, 1.54) is 31.5 Å². The first-order valence-corrected chi connectivity index (χ1v) is 8.72. The number of carbonyl (C=O) groups is 1. The van der Waals surface area contributed by atoms with E-state index >= 15 is 0 Å². The van der Waals surface area contributed by atoms with E-state index in [9.17, 15) is 4.79 Å². The highest BCUT2D eigenvalue weighted by Crippen LogP contribution is 2.16. The molecular formula is C19H26N4O. The highest BCUT2D eigenvalue weighted by Gasteiger charge is 2.12. The summed E-state index contributed by atoms with van der Waals surface area (Å²) in [6, 6.07) is 10.2. The maximum Gasteiger partial charge on any atom is 0.226 e. The average Bonchev–Trinajstić information content (AvgIpc) is 3.15.